The van der Waals surface area contributed by atoms with E-state index >= 15 is 0 Å². The van der Waals surface area contributed by atoms with Crippen molar-refractivity contribution < 1.29 is 0 Å². The minimum absolute atomic E-state index is 0.754. The van der Waals surface area contributed by atoms with Gasteiger partial charge in [-0.05, 0) is 25.2 Å². The van der Waals surface area contributed by atoms with Gasteiger partial charge in [-0.2, -0.15) is 0 Å². The normalized spacial score (nSPS) is 35.0. The van der Waals surface area contributed by atoms with Gasteiger partial charge in [0.2, 0.25) is 0 Å². The molecule has 0 bridgehead atoms. The van der Waals surface area contributed by atoms with Crippen molar-refractivity contribution in [1.82, 2.24) is 5.32 Å². The van der Waals surface area contributed by atoms with Gasteiger partial charge >= 0.3 is 0 Å². The van der Waals surface area contributed by atoms with E-state index in [1.165, 1.54) is 37.9 Å². The average Bonchev–Trinajstić information content (AvgIpc) is 2.19. The Morgan fingerprint density at radius 3 is 2.92 bits per heavy atom. The highest BCUT2D eigenvalue weighted by Crippen LogP contribution is 2.29. The maximum atomic E-state index is 4.59. The number of hydrogen-bond donors (Lipinski definition) is 1. The van der Waals surface area contributed by atoms with E-state index in [1.54, 1.807) is 0 Å². The SMILES string of the molecule is CC1CCCC(C2=NCCCN2)C1. The maximum absolute atomic E-state index is 4.59. The summed E-state index contributed by atoms with van der Waals surface area (Å²) in [6.45, 7) is 4.56. The van der Waals surface area contributed by atoms with Gasteiger partial charge in [0.05, 0.1) is 5.84 Å². The minimum atomic E-state index is 0.754. The van der Waals surface area contributed by atoms with Gasteiger partial charge in [-0.15, -0.1) is 0 Å². The van der Waals surface area contributed by atoms with Crippen LogP contribution in [0.15, 0.2) is 4.99 Å². The number of nitrogens with one attached hydrogen (secondary N) is 1. The van der Waals surface area contributed by atoms with Crippen molar-refractivity contribution in [2.75, 3.05) is 13.1 Å². The summed E-state index contributed by atoms with van der Waals surface area (Å²) >= 11 is 0. The molecular weight excluding hydrogens is 160 g/mol. The molecule has 0 amide bonds. The standard InChI is InChI=1S/C11H20N2/c1-9-4-2-5-10(8-9)11-12-6-3-7-13-11/h9-10H,2-8H2,1H3,(H,12,13). The van der Waals surface area contributed by atoms with Crippen LogP contribution in [-0.2, 0) is 0 Å². The highest BCUT2D eigenvalue weighted by Gasteiger charge is 2.23. The molecule has 0 spiro atoms. The number of nitrogens with zero attached hydrogens (tertiary/aromatic N) is 1. The van der Waals surface area contributed by atoms with Crippen molar-refractivity contribution in [1.29, 1.82) is 0 Å². The van der Waals surface area contributed by atoms with Crippen LogP contribution in [0.25, 0.3) is 0 Å². The smallest absolute Gasteiger partial charge is 0.0994 e. The van der Waals surface area contributed by atoms with Gasteiger partial charge < -0.3 is 5.32 Å². The van der Waals surface area contributed by atoms with Crippen LogP contribution in [0.3, 0.4) is 0 Å². The molecule has 1 aliphatic carbocycles. The Balaban J connectivity index is 1.94. The molecule has 1 heterocycles. The molecule has 1 N–H and O–H groups in total. The average molecular weight is 180 g/mol. The Bertz CT molecular complexity index is 198. The Morgan fingerprint density at radius 2 is 2.23 bits per heavy atom. The van der Waals surface area contributed by atoms with Gasteiger partial charge in [0.1, 0.15) is 0 Å². The number of aliphatic imine (C=N–C) groups is 1. The Labute approximate surface area is 80.8 Å². The minimum Gasteiger partial charge on any atom is -0.374 e. The summed E-state index contributed by atoms with van der Waals surface area (Å²) < 4.78 is 0. The molecular formula is C11H20N2. The first-order valence-corrected chi connectivity index (χ1v) is 5.64. The molecule has 2 aliphatic rings. The first-order chi connectivity index (χ1) is 6.36. The van der Waals surface area contributed by atoms with Gasteiger partial charge in [0.15, 0.2) is 0 Å². The van der Waals surface area contributed by atoms with Crippen LogP contribution in [0.4, 0.5) is 0 Å². The summed E-state index contributed by atoms with van der Waals surface area (Å²) in [6, 6.07) is 0. The Hall–Kier alpha value is -0.530. The second kappa shape index (κ2) is 4.12. The van der Waals surface area contributed by atoms with Crippen LogP contribution < -0.4 is 5.32 Å². The second-order valence-electron chi connectivity index (χ2n) is 4.52. The molecule has 2 rings (SSSR count). The van der Waals surface area contributed by atoms with E-state index < -0.39 is 0 Å². The van der Waals surface area contributed by atoms with Gasteiger partial charge in [0, 0.05) is 19.0 Å². The van der Waals surface area contributed by atoms with Crippen molar-refractivity contribution >= 4 is 5.84 Å². The molecule has 0 aromatic carbocycles. The lowest BCUT2D eigenvalue weighted by atomic mass is 9.81. The molecule has 0 radical (unpaired) electrons. The van der Waals surface area contributed by atoms with Crippen molar-refractivity contribution in [2.24, 2.45) is 16.8 Å². The molecule has 2 atom stereocenters. The lowest BCUT2D eigenvalue weighted by Crippen LogP contribution is -2.37. The predicted octanol–water partition coefficient (Wildman–Crippen LogP) is 2.20. The zero-order valence-corrected chi connectivity index (χ0v) is 8.55. The van der Waals surface area contributed by atoms with Crippen molar-refractivity contribution in [3.63, 3.8) is 0 Å². The maximum Gasteiger partial charge on any atom is 0.0994 e. The number of amidine groups is 1. The number of hydrogen-bond acceptors (Lipinski definition) is 2. The first-order valence-electron chi connectivity index (χ1n) is 5.64. The van der Waals surface area contributed by atoms with Gasteiger partial charge in [-0.3, -0.25) is 4.99 Å². The molecule has 0 aromatic rings. The van der Waals surface area contributed by atoms with E-state index in [0.717, 1.165) is 24.9 Å². The van der Waals surface area contributed by atoms with Crippen LogP contribution in [0, 0.1) is 11.8 Å². The van der Waals surface area contributed by atoms with E-state index in [2.05, 4.69) is 17.2 Å². The molecule has 1 fully saturated rings. The van der Waals surface area contributed by atoms with E-state index in [0.29, 0.717) is 0 Å². The summed E-state index contributed by atoms with van der Waals surface area (Å²) in [7, 11) is 0. The predicted molar refractivity (Wildman–Crippen MR) is 56.0 cm³/mol. The fraction of sp³-hybridized carbons (Fsp3) is 0.909. The lowest BCUT2D eigenvalue weighted by molar-refractivity contribution is 0.333. The Morgan fingerprint density at radius 1 is 1.31 bits per heavy atom. The molecule has 2 heteroatoms. The first kappa shape index (κ1) is 9.04. The fourth-order valence-corrected chi connectivity index (χ4v) is 2.51. The zero-order valence-electron chi connectivity index (χ0n) is 8.55. The van der Waals surface area contributed by atoms with Crippen molar-refractivity contribution in [3.05, 3.63) is 0 Å². The lowest BCUT2D eigenvalue weighted by Gasteiger charge is -2.29. The summed E-state index contributed by atoms with van der Waals surface area (Å²) in [5.41, 5.74) is 0. The number of rotatable bonds is 1. The third-order valence-electron chi connectivity index (χ3n) is 3.25. The highest BCUT2D eigenvalue weighted by molar-refractivity contribution is 5.85. The molecule has 74 valence electrons. The molecule has 2 unspecified atom stereocenters. The molecule has 0 saturated heterocycles. The zero-order chi connectivity index (χ0) is 9.10. The molecule has 1 aliphatic heterocycles. The summed E-state index contributed by atoms with van der Waals surface area (Å²) in [5.74, 6) is 2.98. The molecule has 1 saturated carbocycles. The van der Waals surface area contributed by atoms with Crippen molar-refractivity contribution in [2.45, 2.75) is 39.0 Å². The highest BCUT2D eigenvalue weighted by atomic mass is 15.0. The largest absolute Gasteiger partial charge is 0.374 e. The molecule has 13 heavy (non-hydrogen) atoms. The van der Waals surface area contributed by atoms with Crippen LogP contribution in [0.1, 0.15) is 39.0 Å². The third-order valence-corrected chi connectivity index (χ3v) is 3.25. The summed E-state index contributed by atoms with van der Waals surface area (Å²) in [4.78, 5) is 4.59. The van der Waals surface area contributed by atoms with Gasteiger partial charge in [0.25, 0.3) is 0 Å². The fourth-order valence-electron chi connectivity index (χ4n) is 2.51. The van der Waals surface area contributed by atoms with E-state index in [-0.39, 0.29) is 0 Å². The quantitative estimate of drug-likeness (QED) is 0.657. The topological polar surface area (TPSA) is 24.4 Å². The summed E-state index contributed by atoms with van der Waals surface area (Å²) in [6.07, 6.45) is 6.74. The van der Waals surface area contributed by atoms with Crippen LogP contribution in [0.2, 0.25) is 0 Å². The van der Waals surface area contributed by atoms with Gasteiger partial charge in [-0.1, -0.05) is 19.8 Å². The van der Waals surface area contributed by atoms with Crippen LogP contribution >= 0.6 is 0 Å². The Kier molecular flexibility index (Phi) is 2.87. The summed E-state index contributed by atoms with van der Waals surface area (Å²) in [5, 5.41) is 3.46. The van der Waals surface area contributed by atoms with E-state index in [4.69, 9.17) is 0 Å². The van der Waals surface area contributed by atoms with E-state index in [1.807, 2.05) is 0 Å². The van der Waals surface area contributed by atoms with Crippen LogP contribution in [-0.4, -0.2) is 18.9 Å². The molecule has 2 nitrogen and oxygen atoms in total. The third kappa shape index (κ3) is 2.23. The van der Waals surface area contributed by atoms with Crippen LogP contribution in [0.5, 0.6) is 0 Å². The molecule has 0 aromatic heterocycles. The van der Waals surface area contributed by atoms with E-state index in [9.17, 15) is 0 Å². The van der Waals surface area contributed by atoms with Crippen molar-refractivity contribution in [3.8, 4) is 0 Å². The monoisotopic (exact) mass is 180 g/mol. The van der Waals surface area contributed by atoms with Gasteiger partial charge in [-0.25, -0.2) is 0 Å². The second-order valence-corrected chi connectivity index (χ2v) is 4.52.